The van der Waals surface area contributed by atoms with E-state index in [4.69, 9.17) is 27.9 Å². The van der Waals surface area contributed by atoms with Crippen LogP contribution in [-0.2, 0) is 10.2 Å². The molecule has 0 radical (unpaired) electrons. The van der Waals surface area contributed by atoms with Crippen molar-refractivity contribution >= 4 is 40.7 Å². The quantitative estimate of drug-likeness (QED) is 0.708. The summed E-state index contributed by atoms with van der Waals surface area (Å²) in [5.41, 5.74) is 1.60. The first-order valence-electron chi connectivity index (χ1n) is 10.0. The number of anilines is 1. The molecule has 1 spiro atoms. The van der Waals surface area contributed by atoms with Crippen LogP contribution in [0.3, 0.4) is 0 Å². The molecule has 2 aliphatic rings. The monoisotopic (exact) mass is 447 g/mol. The maximum absolute atomic E-state index is 12.9. The van der Waals surface area contributed by atoms with Crippen LogP contribution >= 0.6 is 23.2 Å². The van der Waals surface area contributed by atoms with Gasteiger partial charge in [-0.05, 0) is 69.4 Å². The Bertz CT molecular complexity index is 1000. The minimum atomic E-state index is -0.638. The van der Waals surface area contributed by atoms with Crippen molar-refractivity contribution < 1.29 is 14.3 Å². The minimum Gasteiger partial charge on any atom is -0.473 e. The standard InChI is InChI=1S/C22H23Cl2N3O3/c1-12(2)26-19(28)13-3-4-18-16(9-13)22(21(29)27-18)7-5-15(6-8-22)30-20-17(24)10-14(23)11-25-20/h3-4,9-12,15H,5-8H2,1-2H3,(H,26,28)(H,27,29). The van der Waals surface area contributed by atoms with E-state index in [1.807, 2.05) is 26.0 Å². The number of amides is 2. The highest BCUT2D eigenvalue weighted by Crippen LogP contribution is 2.48. The molecule has 158 valence electrons. The molecule has 30 heavy (non-hydrogen) atoms. The molecular weight excluding hydrogens is 425 g/mol. The van der Waals surface area contributed by atoms with Crippen molar-refractivity contribution in [1.29, 1.82) is 0 Å². The molecule has 2 N–H and O–H groups in total. The molecule has 4 rings (SSSR count). The Morgan fingerprint density at radius 2 is 2.00 bits per heavy atom. The highest BCUT2D eigenvalue weighted by Gasteiger charge is 2.49. The van der Waals surface area contributed by atoms with Gasteiger partial charge < -0.3 is 15.4 Å². The number of pyridine rings is 1. The van der Waals surface area contributed by atoms with Crippen molar-refractivity contribution in [3.05, 3.63) is 51.6 Å². The third kappa shape index (κ3) is 3.86. The molecule has 1 saturated carbocycles. The molecule has 8 heteroatoms. The lowest BCUT2D eigenvalue weighted by atomic mass is 9.69. The Morgan fingerprint density at radius 3 is 2.67 bits per heavy atom. The molecule has 0 saturated heterocycles. The Balaban J connectivity index is 1.52. The molecule has 1 aliphatic carbocycles. The zero-order valence-corrected chi connectivity index (χ0v) is 18.3. The third-order valence-corrected chi connectivity index (χ3v) is 6.22. The van der Waals surface area contributed by atoms with Gasteiger partial charge in [-0.15, -0.1) is 0 Å². The van der Waals surface area contributed by atoms with Crippen LogP contribution in [-0.4, -0.2) is 28.9 Å². The Morgan fingerprint density at radius 1 is 1.27 bits per heavy atom. The van der Waals surface area contributed by atoms with Crippen molar-refractivity contribution in [3.8, 4) is 5.88 Å². The highest BCUT2D eigenvalue weighted by molar-refractivity contribution is 6.35. The first kappa shape index (κ1) is 20.9. The number of aromatic nitrogens is 1. The summed E-state index contributed by atoms with van der Waals surface area (Å²) < 4.78 is 5.98. The maximum Gasteiger partial charge on any atom is 0.251 e. The van der Waals surface area contributed by atoms with Crippen LogP contribution in [0.2, 0.25) is 10.0 Å². The molecule has 2 heterocycles. The molecule has 1 aromatic carbocycles. The predicted octanol–water partition coefficient (Wildman–Crippen LogP) is 4.74. The summed E-state index contributed by atoms with van der Waals surface area (Å²) in [6.07, 6.45) is 4.00. The highest BCUT2D eigenvalue weighted by atomic mass is 35.5. The van der Waals surface area contributed by atoms with Gasteiger partial charge in [0.2, 0.25) is 11.8 Å². The molecule has 1 fully saturated rings. The zero-order chi connectivity index (χ0) is 21.5. The SMILES string of the molecule is CC(C)NC(=O)c1ccc2c(c1)C1(CCC(Oc3ncc(Cl)cc3Cl)CC1)C(=O)N2. The van der Waals surface area contributed by atoms with Crippen LogP contribution < -0.4 is 15.4 Å². The largest absolute Gasteiger partial charge is 0.473 e. The Hall–Kier alpha value is -2.31. The molecule has 2 amide bonds. The van der Waals surface area contributed by atoms with E-state index >= 15 is 0 Å². The van der Waals surface area contributed by atoms with E-state index in [9.17, 15) is 9.59 Å². The molecule has 0 bridgehead atoms. The number of ether oxygens (including phenoxy) is 1. The summed E-state index contributed by atoms with van der Waals surface area (Å²) in [4.78, 5) is 29.5. The van der Waals surface area contributed by atoms with E-state index in [1.54, 1.807) is 12.1 Å². The smallest absolute Gasteiger partial charge is 0.251 e. The summed E-state index contributed by atoms with van der Waals surface area (Å²) >= 11 is 12.1. The average molecular weight is 448 g/mol. The first-order chi connectivity index (χ1) is 14.3. The van der Waals surface area contributed by atoms with Crippen LogP contribution in [0.15, 0.2) is 30.5 Å². The van der Waals surface area contributed by atoms with Gasteiger partial charge in [0.05, 0.1) is 10.4 Å². The van der Waals surface area contributed by atoms with Crippen LogP contribution in [0, 0.1) is 0 Å². The zero-order valence-electron chi connectivity index (χ0n) is 16.8. The van der Waals surface area contributed by atoms with E-state index in [-0.39, 0.29) is 24.0 Å². The predicted molar refractivity (Wildman–Crippen MR) is 116 cm³/mol. The van der Waals surface area contributed by atoms with Gasteiger partial charge in [0.25, 0.3) is 5.91 Å². The van der Waals surface area contributed by atoms with E-state index in [2.05, 4.69) is 15.6 Å². The van der Waals surface area contributed by atoms with Gasteiger partial charge in [-0.3, -0.25) is 9.59 Å². The van der Waals surface area contributed by atoms with E-state index < -0.39 is 5.41 Å². The third-order valence-electron chi connectivity index (χ3n) is 5.74. The van der Waals surface area contributed by atoms with Gasteiger partial charge in [0.15, 0.2) is 0 Å². The minimum absolute atomic E-state index is 0.0139. The maximum atomic E-state index is 12.9. The molecule has 1 aliphatic heterocycles. The second-order valence-corrected chi connectivity index (χ2v) is 9.03. The average Bonchev–Trinajstić information content (AvgIpc) is 2.96. The van der Waals surface area contributed by atoms with Gasteiger partial charge in [-0.2, -0.15) is 0 Å². The number of hydrogen-bond acceptors (Lipinski definition) is 4. The summed E-state index contributed by atoms with van der Waals surface area (Å²) in [5, 5.41) is 6.71. The molecule has 1 aromatic heterocycles. The van der Waals surface area contributed by atoms with Crippen molar-refractivity contribution in [3.63, 3.8) is 0 Å². The van der Waals surface area contributed by atoms with Gasteiger partial charge >= 0.3 is 0 Å². The Labute approximate surface area is 185 Å². The molecule has 2 aromatic rings. The van der Waals surface area contributed by atoms with Crippen molar-refractivity contribution in [2.45, 2.75) is 57.1 Å². The van der Waals surface area contributed by atoms with Gasteiger partial charge in [0.1, 0.15) is 11.1 Å². The second kappa shape index (κ2) is 8.08. The molecule has 0 atom stereocenters. The van der Waals surface area contributed by atoms with Gasteiger partial charge in [0, 0.05) is 23.5 Å². The second-order valence-electron chi connectivity index (χ2n) is 8.18. The van der Waals surface area contributed by atoms with E-state index in [0.29, 0.717) is 47.2 Å². The van der Waals surface area contributed by atoms with Crippen LogP contribution in [0.25, 0.3) is 0 Å². The number of halogens is 2. The van der Waals surface area contributed by atoms with Gasteiger partial charge in [-0.1, -0.05) is 23.2 Å². The summed E-state index contributed by atoms with van der Waals surface area (Å²) in [7, 11) is 0. The fourth-order valence-electron chi connectivity index (χ4n) is 4.25. The van der Waals surface area contributed by atoms with Crippen molar-refractivity contribution in [1.82, 2.24) is 10.3 Å². The van der Waals surface area contributed by atoms with Crippen LogP contribution in [0.1, 0.15) is 55.5 Å². The summed E-state index contributed by atoms with van der Waals surface area (Å²) in [5.74, 6) is 0.203. The fourth-order valence-corrected chi connectivity index (χ4v) is 4.67. The molecular formula is C22H23Cl2N3O3. The number of carbonyl (C=O) groups excluding carboxylic acids is 2. The number of nitrogens with zero attached hydrogens (tertiary/aromatic N) is 1. The molecule has 6 nitrogen and oxygen atoms in total. The Kier molecular flexibility index (Phi) is 5.64. The lowest BCUT2D eigenvalue weighted by Crippen LogP contribution is -2.41. The van der Waals surface area contributed by atoms with E-state index in [1.165, 1.54) is 6.20 Å². The van der Waals surface area contributed by atoms with Crippen molar-refractivity contribution in [2.75, 3.05) is 5.32 Å². The number of hydrogen-bond donors (Lipinski definition) is 2. The van der Waals surface area contributed by atoms with Crippen LogP contribution in [0.4, 0.5) is 5.69 Å². The number of benzene rings is 1. The number of nitrogens with one attached hydrogen (secondary N) is 2. The first-order valence-corrected chi connectivity index (χ1v) is 10.8. The van der Waals surface area contributed by atoms with E-state index in [0.717, 1.165) is 11.3 Å². The lowest BCUT2D eigenvalue weighted by molar-refractivity contribution is -0.122. The topological polar surface area (TPSA) is 80.3 Å². The van der Waals surface area contributed by atoms with Crippen molar-refractivity contribution in [2.24, 2.45) is 0 Å². The summed E-state index contributed by atoms with van der Waals surface area (Å²) in [6.45, 7) is 3.84. The molecule has 0 unspecified atom stereocenters. The van der Waals surface area contributed by atoms with Crippen LogP contribution in [0.5, 0.6) is 5.88 Å². The number of fused-ring (bicyclic) bond motifs is 2. The van der Waals surface area contributed by atoms with Gasteiger partial charge in [-0.25, -0.2) is 4.98 Å². The lowest BCUT2D eigenvalue weighted by Gasteiger charge is -2.35. The number of rotatable bonds is 4. The number of carbonyl (C=O) groups is 2. The summed E-state index contributed by atoms with van der Waals surface area (Å²) in [6, 6.07) is 7.06. The fraction of sp³-hybridized carbons (Fsp3) is 0.409. The normalized spacial score (nSPS) is 22.7.